The van der Waals surface area contributed by atoms with Crippen molar-refractivity contribution in [3.8, 4) is 22.0 Å². The highest BCUT2D eigenvalue weighted by Crippen LogP contribution is 2.28. The highest BCUT2D eigenvalue weighted by Gasteiger charge is 2.16. The molecule has 3 heterocycles. The van der Waals surface area contributed by atoms with E-state index in [0.29, 0.717) is 16.7 Å². The Labute approximate surface area is 157 Å². The molecule has 0 atom stereocenters. The molecule has 4 aromatic rings. The van der Waals surface area contributed by atoms with Crippen molar-refractivity contribution in [3.63, 3.8) is 0 Å². The Morgan fingerprint density at radius 1 is 1.12 bits per heavy atom. The van der Waals surface area contributed by atoms with Crippen LogP contribution in [0.2, 0.25) is 0 Å². The number of hydrogen-bond acceptors (Lipinski definition) is 7. The van der Waals surface area contributed by atoms with Crippen LogP contribution in [0.4, 0.5) is 5.13 Å². The van der Waals surface area contributed by atoms with Gasteiger partial charge in [-0.25, -0.2) is 0 Å². The summed E-state index contributed by atoms with van der Waals surface area (Å²) in [6.07, 6.45) is 0. The van der Waals surface area contributed by atoms with Gasteiger partial charge >= 0.3 is 0 Å². The van der Waals surface area contributed by atoms with Crippen LogP contribution in [0.25, 0.3) is 22.0 Å². The van der Waals surface area contributed by atoms with Gasteiger partial charge in [-0.2, -0.15) is 9.36 Å². The zero-order valence-electron chi connectivity index (χ0n) is 14.0. The van der Waals surface area contributed by atoms with Crippen molar-refractivity contribution in [1.29, 1.82) is 0 Å². The maximum absolute atomic E-state index is 12.4. The lowest BCUT2D eigenvalue weighted by molar-refractivity contribution is 0.101. The maximum atomic E-state index is 12.4. The van der Waals surface area contributed by atoms with Gasteiger partial charge in [0.25, 0.3) is 5.91 Å². The van der Waals surface area contributed by atoms with Gasteiger partial charge in [0.15, 0.2) is 17.3 Å². The number of amides is 1. The molecule has 0 radical (unpaired) electrons. The van der Waals surface area contributed by atoms with E-state index in [-0.39, 0.29) is 11.6 Å². The molecule has 0 saturated heterocycles. The van der Waals surface area contributed by atoms with Gasteiger partial charge in [-0.1, -0.05) is 35.0 Å². The van der Waals surface area contributed by atoms with Crippen LogP contribution in [0.15, 0.2) is 47.0 Å². The number of carbonyl (C=O) groups excluding carboxylic acids is 1. The third kappa shape index (κ3) is 3.42. The molecular weight excluding hydrogens is 368 g/mol. The summed E-state index contributed by atoms with van der Waals surface area (Å²) in [7, 11) is 0. The van der Waals surface area contributed by atoms with E-state index in [1.54, 1.807) is 17.4 Å². The molecule has 8 heteroatoms. The largest absolute Gasteiger partial charge is 0.355 e. The Bertz CT molecular complexity index is 1060. The molecule has 6 nitrogen and oxygen atoms in total. The number of nitrogens with one attached hydrogen (secondary N) is 1. The van der Waals surface area contributed by atoms with Crippen LogP contribution in [0.5, 0.6) is 0 Å². The number of aromatic nitrogens is 3. The van der Waals surface area contributed by atoms with Crippen molar-refractivity contribution < 1.29 is 9.32 Å². The fourth-order valence-corrected chi connectivity index (χ4v) is 3.76. The molecule has 26 heavy (non-hydrogen) atoms. The number of carbonyl (C=O) groups is 1. The van der Waals surface area contributed by atoms with E-state index < -0.39 is 0 Å². The Morgan fingerprint density at radius 3 is 2.65 bits per heavy atom. The third-order valence-corrected chi connectivity index (χ3v) is 5.31. The number of thiophene rings is 1. The van der Waals surface area contributed by atoms with E-state index in [1.807, 2.05) is 50.2 Å². The predicted octanol–water partition coefficient (Wildman–Crippen LogP) is 4.79. The van der Waals surface area contributed by atoms with Crippen molar-refractivity contribution in [2.24, 2.45) is 0 Å². The molecule has 130 valence electrons. The molecule has 1 amide bonds. The summed E-state index contributed by atoms with van der Waals surface area (Å²) in [6, 6.07) is 13.4. The highest BCUT2D eigenvalue weighted by molar-refractivity contribution is 7.15. The first-order valence-electron chi connectivity index (χ1n) is 7.84. The number of benzene rings is 1. The topological polar surface area (TPSA) is 80.9 Å². The van der Waals surface area contributed by atoms with Gasteiger partial charge in [0.1, 0.15) is 0 Å². The van der Waals surface area contributed by atoms with E-state index in [2.05, 4.69) is 19.8 Å². The third-order valence-electron chi connectivity index (χ3n) is 3.69. The fourth-order valence-electron chi connectivity index (χ4n) is 2.33. The van der Waals surface area contributed by atoms with Crippen LogP contribution in [0.1, 0.15) is 20.9 Å². The second-order valence-corrected chi connectivity index (χ2v) is 7.77. The molecule has 0 saturated carbocycles. The summed E-state index contributed by atoms with van der Waals surface area (Å²) in [4.78, 5) is 18.9. The van der Waals surface area contributed by atoms with Crippen LogP contribution in [0, 0.1) is 13.8 Å². The SMILES string of the molecule is Cc1ccc(-c2cc(C(=O)Nc3nc(-c4ccc(C)s4)ns3)no2)cc1. The van der Waals surface area contributed by atoms with Crippen LogP contribution < -0.4 is 5.32 Å². The first-order chi connectivity index (χ1) is 12.6. The van der Waals surface area contributed by atoms with Gasteiger partial charge in [-0.05, 0) is 26.0 Å². The molecule has 1 N–H and O–H groups in total. The number of hydrogen-bond donors (Lipinski definition) is 1. The first kappa shape index (κ1) is 16.6. The lowest BCUT2D eigenvalue weighted by atomic mass is 10.1. The smallest absolute Gasteiger partial charge is 0.279 e. The van der Waals surface area contributed by atoms with E-state index in [4.69, 9.17) is 4.52 Å². The molecule has 0 aliphatic carbocycles. The molecule has 4 rings (SSSR count). The van der Waals surface area contributed by atoms with Crippen molar-refractivity contribution in [2.45, 2.75) is 13.8 Å². The van der Waals surface area contributed by atoms with Gasteiger partial charge in [0.05, 0.1) is 4.88 Å². The Hall–Kier alpha value is -2.84. The standard InChI is InChI=1S/C18H14N4O2S2/c1-10-3-6-12(7-4-10)14-9-13(21-24-14)17(23)20-18-19-16(22-26-18)15-8-5-11(2)25-15/h3-9H,1-2H3,(H,19,20,22,23). The summed E-state index contributed by atoms with van der Waals surface area (Å²) < 4.78 is 9.57. The van der Waals surface area contributed by atoms with Crippen LogP contribution >= 0.6 is 22.9 Å². The summed E-state index contributed by atoms with van der Waals surface area (Å²) in [5.74, 6) is 0.781. The van der Waals surface area contributed by atoms with Crippen LogP contribution in [-0.2, 0) is 0 Å². The molecule has 0 aliphatic heterocycles. The zero-order valence-corrected chi connectivity index (χ0v) is 15.6. The minimum Gasteiger partial charge on any atom is -0.355 e. The van der Waals surface area contributed by atoms with E-state index in [1.165, 1.54) is 4.88 Å². The fraction of sp³-hybridized carbons (Fsp3) is 0.111. The van der Waals surface area contributed by atoms with Crippen molar-refractivity contribution >= 4 is 33.9 Å². The summed E-state index contributed by atoms with van der Waals surface area (Å²) in [6.45, 7) is 4.04. The Morgan fingerprint density at radius 2 is 1.92 bits per heavy atom. The molecular formula is C18H14N4O2S2. The second-order valence-electron chi connectivity index (χ2n) is 5.73. The van der Waals surface area contributed by atoms with Crippen LogP contribution in [0.3, 0.4) is 0 Å². The highest BCUT2D eigenvalue weighted by atomic mass is 32.1. The van der Waals surface area contributed by atoms with E-state index in [9.17, 15) is 4.79 Å². The summed E-state index contributed by atoms with van der Waals surface area (Å²) in [5.41, 5.74) is 2.22. The number of anilines is 1. The average Bonchev–Trinajstić information content (AvgIpc) is 3.35. The molecule has 0 bridgehead atoms. The van der Waals surface area contributed by atoms with E-state index in [0.717, 1.165) is 27.5 Å². The molecule has 3 aromatic heterocycles. The van der Waals surface area contributed by atoms with Crippen LogP contribution in [-0.4, -0.2) is 20.4 Å². The molecule has 0 unspecified atom stereocenters. The maximum Gasteiger partial charge on any atom is 0.279 e. The van der Waals surface area contributed by atoms with E-state index >= 15 is 0 Å². The molecule has 0 fully saturated rings. The second kappa shape index (κ2) is 6.81. The monoisotopic (exact) mass is 382 g/mol. The summed E-state index contributed by atoms with van der Waals surface area (Å²) in [5, 5.41) is 6.99. The normalized spacial score (nSPS) is 10.8. The minimum atomic E-state index is -0.378. The van der Waals surface area contributed by atoms with Crippen molar-refractivity contribution in [3.05, 3.63) is 58.6 Å². The van der Waals surface area contributed by atoms with Gasteiger partial charge in [0, 0.05) is 28.0 Å². The van der Waals surface area contributed by atoms with Gasteiger partial charge in [-0.3, -0.25) is 10.1 Å². The van der Waals surface area contributed by atoms with Gasteiger partial charge in [-0.15, -0.1) is 11.3 Å². The minimum absolute atomic E-state index is 0.198. The summed E-state index contributed by atoms with van der Waals surface area (Å²) >= 11 is 2.75. The van der Waals surface area contributed by atoms with Gasteiger partial charge < -0.3 is 4.52 Å². The number of nitrogens with zero attached hydrogens (tertiary/aromatic N) is 3. The first-order valence-corrected chi connectivity index (χ1v) is 9.43. The van der Waals surface area contributed by atoms with Gasteiger partial charge in [0.2, 0.25) is 5.13 Å². The molecule has 0 aliphatic rings. The lowest BCUT2D eigenvalue weighted by Crippen LogP contribution is -2.11. The Balaban J connectivity index is 1.49. The van der Waals surface area contributed by atoms with Crippen molar-refractivity contribution in [2.75, 3.05) is 5.32 Å². The predicted molar refractivity (Wildman–Crippen MR) is 103 cm³/mol. The average molecular weight is 382 g/mol. The molecule has 1 aromatic carbocycles. The Kier molecular flexibility index (Phi) is 4.36. The quantitative estimate of drug-likeness (QED) is 0.549. The molecule has 0 spiro atoms. The lowest BCUT2D eigenvalue weighted by Gasteiger charge is -1.96. The van der Waals surface area contributed by atoms with Crippen molar-refractivity contribution in [1.82, 2.24) is 14.5 Å². The number of rotatable bonds is 4. The number of aryl methyl sites for hydroxylation is 2. The zero-order chi connectivity index (χ0) is 18.1.